The summed E-state index contributed by atoms with van der Waals surface area (Å²) in [5, 5.41) is 19.7. The summed E-state index contributed by atoms with van der Waals surface area (Å²) < 4.78 is 0. The Balaban J connectivity index is 3.62. The molecule has 3 N–H and O–H groups in total. The van der Waals surface area contributed by atoms with Crippen LogP contribution in [0.5, 0.6) is 0 Å². The first-order valence-electron chi connectivity index (χ1n) is 4.73. The molecule has 0 fully saturated rings. The van der Waals surface area contributed by atoms with Gasteiger partial charge >= 0.3 is 5.97 Å². The number of thioether (sulfide) groups is 1. The van der Waals surface area contributed by atoms with Gasteiger partial charge in [-0.05, 0) is 23.8 Å². The largest absolute Gasteiger partial charge is 0.480 e. The van der Waals surface area contributed by atoms with Crippen LogP contribution >= 0.6 is 11.8 Å². The molecular formula is C9H17NO4S. The number of carboxylic acid groups (broad SMARTS) is 1. The van der Waals surface area contributed by atoms with Crippen molar-refractivity contribution in [3.05, 3.63) is 0 Å². The van der Waals surface area contributed by atoms with Crippen molar-refractivity contribution in [1.82, 2.24) is 5.32 Å². The Morgan fingerprint density at radius 2 is 2.27 bits per heavy atom. The van der Waals surface area contributed by atoms with Gasteiger partial charge in [-0.2, -0.15) is 11.8 Å². The van der Waals surface area contributed by atoms with Gasteiger partial charge in [-0.1, -0.05) is 6.92 Å². The van der Waals surface area contributed by atoms with E-state index in [0.29, 0.717) is 18.6 Å². The van der Waals surface area contributed by atoms with Crippen molar-refractivity contribution in [2.45, 2.75) is 19.4 Å². The number of hydrogen-bond donors (Lipinski definition) is 3. The second-order valence-electron chi connectivity index (χ2n) is 3.33. The zero-order chi connectivity index (χ0) is 11.7. The lowest BCUT2D eigenvalue weighted by atomic mass is 10.2. The number of aliphatic carboxylic acids is 1. The van der Waals surface area contributed by atoms with E-state index in [-0.39, 0.29) is 12.5 Å². The summed E-state index contributed by atoms with van der Waals surface area (Å²) in [5.74, 6) is 0.654. The summed E-state index contributed by atoms with van der Waals surface area (Å²) in [7, 11) is 0. The molecule has 0 aromatic rings. The number of amides is 1. The maximum Gasteiger partial charge on any atom is 0.326 e. The molecule has 6 heteroatoms. The molecule has 2 atom stereocenters. The fraction of sp³-hybridized carbons (Fsp3) is 0.778. The standard InChI is InChI=1S/C9H17NO4S/c1-7(4-11)5-15-3-2-8(9(13)14)10-6-12/h6-8,11H,2-5H2,1H3,(H,10,12)(H,13,14). The van der Waals surface area contributed by atoms with E-state index in [1.54, 1.807) is 11.8 Å². The van der Waals surface area contributed by atoms with Crippen LogP contribution in [0.2, 0.25) is 0 Å². The molecule has 0 rings (SSSR count). The highest BCUT2D eigenvalue weighted by molar-refractivity contribution is 7.99. The highest BCUT2D eigenvalue weighted by Crippen LogP contribution is 2.10. The van der Waals surface area contributed by atoms with Crippen molar-refractivity contribution in [2.24, 2.45) is 5.92 Å². The van der Waals surface area contributed by atoms with E-state index >= 15 is 0 Å². The quantitative estimate of drug-likeness (QED) is 0.385. The van der Waals surface area contributed by atoms with E-state index in [9.17, 15) is 9.59 Å². The van der Waals surface area contributed by atoms with Crippen molar-refractivity contribution >= 4 is 24.1 Å². The smallest absolute Gasteiger partial charge is 0.326 e. The molecule has 5 nitrogen and oxygen atoms in total. The number of carbonyl (C=O) groups is 2. The molecule has 0 aliphatic rings. The molecule has 0 heterocycles. The SMILES string of the molecule is CC(CO)CSCCC(NC=O)C(=O)O. The van der Waals surface area contributed by atoms with Gasteiger partial charge in [0.25, 0.3) is 0 Å². The maximum atomic E-state index is 10.6. The van der Waals surface area contributed by atoms with Gasteiger partial charge in [0.05, 0.1) is 0 Å². The van der Waals surface area contributed by atoms with E-state index in [1.165, 1.54) is 0 Å². The van der Waals surface area contributed by atoms with Gasteiger partial charge in [-0.25, -0.2) is 4.79 Å². The van der Waals surface area contributed by atoms with Crippen molar-refractivity contribution < 1.29 is 19.8 Å². The Morgan fingerprint density at radius 3 is 2.73 bits per heavy atom. The lowest BCUT2D eigenvalue weighted by molar-refractivity contribution is -0.140. The Morgan fingerprint density at radius 1 is 1.60 bits per heavy atom. The first-order valence-corrected chi connectivity index (χ1v) is 5.88. The lowest BCUT2D eigenvalue weighted by Gasteiger charge is -2.11. The Bertz CT molecular complexity index is 201. The Labute approximate surface area is 93.2 Å². The second kappa shape index (κ2) is 8.55. The molecule has 0 aromatic carbocycles. The summed E-state index contributed by atoms with van der Waals surface area (Å²) in [6, 6.07) is -0.806. The fourth-order valence-corrected chi connectivity index (χ4v) is 1.98. The first-order chi connectivity index (χ1) is 7.11. The molecule has 0 spiro atoms. The van der Waals surface area contributed by atoms with Crippen LogP contribution < -0.4 is 5.32 Å². The van der Waals surface area contributed by atoms with E-state index in [4.69, 9.17) is 10.2 Å². The van der Waals surface area contributed by atoms with Gasteiger partial charge in [0.2, 0.25) is 6.41 Å². The highest BCUT2D eigenvalue weighted by atomic mass is 32.2. The van der Waals surface area contributed by atoms with Gasteiger partial charge in [-0.3, -0.25) is 4.79 Å². The highest BCUT2D eigenvalue weighted by Gasteiger charge is 2.15. The predicted molar refractivity (Wildman–Crippen MR) is 58.8 cm³/mol. The summed E-state index contributed by atoms with van der Waals surface area (Å²) in [4.78, 5) is 20.7. The van der Waals surface area contributed by atoms with Crippen LogP contribution in [0.15, 0.2) is 0 Å². The molecule has 0 aliphatic heterocycles. The third-order valence-corrected chi connectivity index (χ3v) is 3.16. The summed E-state index contributed by atoms with van der Waals surface area (Å²) in [5.41, 5.74) is 0. The monoisotopic (exact) mass is 235 g/mol. The molecule has 0 aromatic heterocycles. The molecule has 0 bridgehead atoms. The minimum absolute atomic E-state index is 0.141. The number of carboxylic acids is 1. The average molecular weight is 235 g/mol. The summed E-state index contributed by atoms with van der Waals surface area (Å²) in [6.45, 7) is 2.06. The summed E-state index contributed by atoms with van der Waals surface area (Å²) in [6.07, 6.45) is 0.802. The molecule has 88 valence electrons. The number of rotatable bonds is 9. The van der Waals surface area contributed by atoms with Crippen LogP contribution in [0, 0.1) is 5.92 Å². The zero-order valence-electron chi connectivity index (χ0n) is 8.68. The van der Waals surface area contributed by atoms with Gasteiger partial charge in [0.15, 0.2) is 0 Å². The van der Waals surface area contributed by atoms with Crippen LogP contribution in [0.25, 0.3) is 0 Å². The Hall–Kier alpha value is -0.750. The molecular weight excluding hydrogens is 218 g/mol. The van der Waals surface area contributed by atoms with E-state index < -0.39 is 12.0 Å². The van der Waals surface area contributed by atoms with Crippen LogP contribution in [0.4, 0.5) is 0 Å². The topological polar surface area (TPSA) is 86.6 Å². The van der Waals surface area contributed by atoms with Crippen LogP contribution in [-0.2, 0) is 9.59 Å². The second-order valence-corrected chi connectivity index (χ2v) is 4.48. The number of nitrogens with one attached hydrogen (secondary N) is 1. The molecule has 0 radical (unpaired) electrons. The van der Waals surface area contributed by atoms with E-state index in [2.05, 4.69) is 5.32 Å². The van der Waals surface area contributed by atoms with Crippen molar-refractivity contribution in [3.63, 3.8) is 0 Å². The average Bonchev–Trinajstić information content (AvgIpc) is 2.21. The maximum absolute atomic E-state index is 10.6. The predicted octanol–water partition coefficient (Wildman–Crippen LogP) is -0.0627. The van der Waals surface area contributed by atoms with E-state index in [1.807, 2.05) is 6.92 Å². The first kappa shape index (κ1) is 14.2. The molecule has 15 heavy (non-hydrogen) atoms. The van der Waals surface area contributed by atoms with Crippen LogP contribution in [0.3, 0.4) is 0 Å². The third-order valence-electron chi connectivity index (χ3n) is 1.83. The fourth-order valence-electron chi connectivity index (χ4n) is 0.899. The molecule has 0 aliphatic carbocycles. The summed E-state index contributed by atoms with van der Waals surface area (Å²) >= 11 is 1.58. The van der Waals surface area contributed by atoms with Gasteiger partial charge in [0.1, 0.15) is 6.04 Å². The molecule has 1 amide bonds. The van der Waals surface area contributed by atoms with Crippen LogP contribution in [0.1, 0.15) is 13.3 Å². The third kappa shape index (κ3) is 7.21. The molecule has 2 unspecified atom stereocenters. The molecule has 0 saturated carbocycles. The number of carbonyl (C=O) groups excluding carboxylic acids is 1. The normalized spacial score (nSPS) is 14.3. The minimum atomic E-state index is -1.02. The minimum Gasteiger partial charge on any atom is -0.480 e. The Kier molecular flexibility index (Phi) is 8.12. The van der Waals surface area contributed by atoms with Gasteiger partial charge in [0, 0.05) is 6.61 Å². The van der Waals surface area contributed by atoms with Gasteiger partial charge < -0.3 is 15.5 Å². The number of aliphatic hydroxyl groups is 1. The lowest BCUT2D eigenvalue weighted by Crippen LogP contribution is -2.36. The van der Waals surface area contributed by atoms with Crippen molar-refractivity contribution in [2.75, 3.05) is 18.1 Å². The van der Waals surface area contributed by atoms with Crippen LogP contribution in [-0.4, -0.2) is 46.7 Å². The van der Waals surface area contributed by atoms with E-state index in [0.717, 1.165) is 5.75 Å². The number of hydrogen-bond acceptors (Lipinski definition) is 4. The number of aliphatic hydroxyl groups excluding tert-OH is 1. The van der Waals surface area contributed by atoms with Crippen molar-refractivity contribution in [1.29, 1.82) is 0 Å². The van der Waals surface area contributed by atoms with Gasteiger partial charge in [-0.15, -0.1) is 0 Å². The van der Waals surface area contributed by atoms with Crippen molar-refractivity contribution in [3.8, 4) is 0 Å². The zero-order valence-corrected chi connectivity index (χ0v) is 9.50. The molecule has 0 saturated heterocycles.